The summed E-state index contributed by atoms with van der Waals surface area (Å²) < 4.78 is 5.04. The van der Waals surface area contributed by atoms with Crippen LogP contribution in [0.25, 0.3) is 0 Å². The lowest BCUT2D eigenvalue weighted by molar-refractivity contribution is -0.122. The number of nitrogens with one attached hydrogen (secondary N) is 2. The van der Waals surface area contributed by atoms with Gasteiger partial charge in [0.15, 0.2) is 0 Å². The van der Waals surface area contributed by atoms with Crippen molar-refractivity contribution >= 4 is 40.9 Å². The highest BCUT2D eigenvalue weighted by molar-refractivity contribution is 6.18. The van der Waals surface area contributed by atoms with E-state index in [0.717, 1.165) is 30.8 Å². The molecule has 2 amide bonds. The zero-order valence-electron chi connectivity index (χ0n) is 16.2. The molecule has 0 unspecified atom stereocenters. The summed E-state index contributed by atoms with van der Waals surface area (Å²) in [7, 11) is 0. The number of nitrogens with zero attached hydrogens (tertiary/aromatic N) is 1. The van der Waals surface area contributed by atoms with Gasteiger partial charge in [-0.2, -0.15) is 0 Å². The van der Waals surface area contributed by atoms with Crippen LogP contribution in [0.4, 0.5) is 10.5 Å². The number of hydrogen-bond acceptors (Lipinski definition) is 4. The average molecular weight is 418 g/mol. The van der Waals surface area contributed by atoms with Crippen molar-refractivity contribution in [3.63, 3.8) is 0 Å². The molecule has 0 heterocycles. The van der Waals surface area contributed by atoms with Crippen molar-refractivity contribution in [2.24, 2.45) is 0 Å². The van der Waals surface area contributed by atoms with Gasteiger partial charge in [0.05, 0.1) is 0 Å². The highest BCUT2D eigenvalue weighted by Crippen LogP contribution is 2.17. The number of benzene rings is 1. The zero-order valence-corrected chi connectivity index (χ0v) is 17.7. The summed E-state index contributed by atoms with van der Waals surface area (Å²) in [6.45, 7) is 6.76. The normalized spacial score (nSPS) is 11.0. The van der Waals surface area contributed by atoms with Crippen LogP contribution in [0.1, 0.15) is 39.2 Å². The first-order valence-electron chi connectivity index (χ1n) is 8.99. The van der Waals surface area contributed by atoms with E-state index in [1.165, 1.54) is 0 Å². The van der Waals surface area contributed by atoms with E-state index in [0.29, 0.717) is 24.6 Å². The van der Waals surface area contributed by atoms with Gasteiger partial charge in [0.1, 0.15) is 5.60 Å². The molecule has 0 aliphatic rings. The van der Waals surface area contributed by atoms with Crippen molar-refractivity contribution in [1.29, 1.82) is 0 Å². The monoisotopic (exact) mass is 417 g/mol. The van der Waals surface area contributed by atoms with Crippen LogP contribution in [0.3, 0.4) is 0 Å². The number of ether oxygens (including phenoxy) is 1. The van der Waals surface area contributed by atoms with Crippen molar-refractivity contribution in [1.82, 2.24) is 10.9 Å². The fourth-order valence-corrected chi connectivity index (χ4v) is 2.80. The second-order valence-corrected chi connectivity index (χ2v) is 7.82. The van der Waals surface area contributed by atoms with Crippen LogP contribution in [-0.4, -0.2) is 42.5 Å². The van der Waals surface area contributed by atoms with E-state index in [1.54, 1.807) is 20.8 Å². The van der Waals surface area contributed by atoms with E-state index in [-0.39, 0.29) is 5.91 Å². The first kappa shape index (κ1) is 23.4. The standard InChI is InChI=1S/C19H29Cl2N3O3/c1-19(2,3)27-18(26)23-22-17(25)6-4-5-15-7-9-16(10-8-15)24(13-11-20)14-12-21/h7-10H,4-6,11-14H2,1-3H3,(H,22,25)(H,23,26). The first-order valence-corrected chi connectivity index (χ1v) is 10.1. The maximum absolute atomic E-state index is 11.8. The molecule has 0 saturated carbocycles. The van der Waals surface area contributed by atoms with Crippen molar-refractivity contribution in [3.8, 4) is 0 Å². The van der Waals surface area contributed by atoms with Gasteiger partial charge in [-0.25, -0.2) is 10.2 Å². The third-order valence-electron chi connectivity index (χ3n) is 3.58. The minimum atomic E-state index is -0.676. The van der Waals surface area contributed by atoms with Crippen LogP contribution in [0, 0.1) is 0 Å². The Hall–Kier alpha value is -1.66. The van der Waals surface area contributed by atoms with Crippen LogP contribution in [-0.2, 0) is 16.0 Å². The molecule has 0 spiro atoms. The number of aryl methyl sites for hydroxylation is 1. The van der Waals surface area contributed by atoms with E-state index in [4.69, 9.17) is 27.9 Å². The SMILES string of the molecule is CC(C)(C)OC(=O)NNC(=O)CCCc1ccc(N(CCCl)CCCl)cc1. The molecule has 0 radical (unpaired) electrons. The smallest absolute Gasteiger partial charge is 0.426 e. The van der Waals surface area contributed by atoms with E-state index in [2.05, 4.69) is 15.8 Å². The Balaban J connectivity index is 2.35. The number of rotatable bonds is 9. The van der Waals surface area contributed by atoms with E-state index in [9.17, 15) is 9.59 Å². The second-order valence-electron chi connectivity index (χ2n) is 7.06. The Kier molecular flexibility index (Phi) is 10.3. The molecular formula is C19H29Cl2N3O3. The van der Waals surface area contributed by atoms with Gasteiger partial charge in [0.2, 0.25) is 5.91 Å². The van der Waals surface area contributed by atoms with Crippen LogP contribution in [0.2, 0.25) is 0 Å². The molecule has 8 heteroatoms. The molecule has 6 nitrogen and oxygen atoms in total. The molecule has 0 aliphatic carbocycles. The minimum absolute atomic E-state index is 0.257. The van der Waals surface area contributed by atoms with Gasteiger partial charge in [-0.3, -0.25) is 10.2 Å². The number of hydrazine groups is 1. The van der Waals surface area contributed by atoms with Gasteiger partial charge in [-0.1, -0.05) is 12.1 Å². The van der Waals surface area contributed by atoms with Crippen molar-refractivity contribution in [2.75, 3.05) is 29.7 Å². The lowest BCUT2D eigenvalue weighted by atomic mass is 10.1. The molecule has 0 bridgehead atoms. The Morgan fingerprint density at radius 2 is 1.63 bits per heavy atom. The Bertz CT molecular complexity index is 583. The van der Waals surface area contributed by atoms with E-state index < -0.39 is 11.7 Å². The Labute approximate surface area is 171 Å². The maximum atomic E-state index is 11.8. The summed E-state index contributed by atoms with van der Waals surface area (Å²) in [6, 6.07) is 8.17. The number of anilines is 1. The summed E-state index contributed by atoms with van der Waals surface area (Å²) in [5.41, 5.74) is 6.21. The highest BCUT2D eigenvalue weighted by atomic mass is 35.5. The maximum Gasteiger partial charge on any atom is 0.426 e. The van der Waals surface area contributed by atoms with Crippen LogP contribution in [0.15, 0.2) is 24.3 Å². The molecule has 0 atom stereocenters. The van der Waals surface area contributed by atoms with Crippen LogP contribution >= 0.6 is 23.2 Å². The topological polar surface area (TPSA) is 70.7 Å². The summed E-state index contributed by atoms with van der Waals surface area (Å²) in [4.78, 5) is 25.4. The van der Waals surface area contributed by atoms with Gasteiger partial charge < -0.3 is 9.64 Å². The number of hydrogen-bond donors (Lipinski definition) is 2. The Morgan fingerprint density at radius 1 is 1.04 bits per heavy atom. The molecule has 0 fully saturated rings. The first-order chi connectivity index (χ1) is 12.7. The minimum Gasteiger partial charge on any atom is -0.443 e. The quantitative estimate of drug-likeness (QED) is 0.472. The fourth-order valence-electron chi connectivity index (χ4n) is 2.39. The second kappa shape index (κ2) is 11.9. The summed E-state index contributed by atoms with van der Waals surface area (Å²) in [6.07, 6.45) is 1.08. The fraction of sp³-hybridized carbons (Fsp3) is 0.579. The summed E-state index contributed by atoms with van der Waals surface area (Å²) >= 11 is 11.7. The van der Waals surface area contributed by atoms with E-state index >= 15 is 0 Å². The number of amides is 2. The molecule has 27 heavy (non-hydrogen) atoms. The Morgan fingerprint density at radius 3 is 2.15 bits per heavy atom. The lowest BCUT2D eigenvalue weighted by Crippen LogP contribution is -2.44. The van der Waals surface area contributed by atoms with E-state index in [1.807, 2.05) is 24.3 Å². The average Bonchev–Trinajstić information content (AvgIpc) is 2.59. The summed E-state index contributed by atoms with van der Waals surface area (Å²) in [5, 5.41) is 0. The van der Waals surface area contributed by atoms with Gasteiger partial charge in [-0.05, 0) is 51.3 Å². The summed E-state index contributed by atoms with van der Waals surface area (Å²) in [5.74, 6) is 0.837. The third-order valence-corrected chi connectivity index (χ3v) is 3.92. The number of carbonyl (C=O) groups is 2. The molecule has 0 aliphatic heterocycles. The molecule has 1 aromatic carbocycles. The zero-order chi connectivity index (χ0) is 20.3. The number of carbonyl (C=O) groups excluding carboxylic acids is 2. The predicted octanol–water partition coefficient (Wildman–Crippen LogP) is 3.85. The third kappa shape index (κ3) is 10.3. The van der Waals surface area contributed by atoms with Gasteiger partial charge >= 0.3 is 6.09 Å². The highest BCUT2D eigenvalue weighted by Gasteiger charge is 2.16. The predicted molar refractivity (Wildman–Crippen MR) is 111 cm³/mol. The molecule has 0 aromatic heterocycles. The molecule has 2 N–H and O–H groups in total. The van der Waals surface area contributed by atoms with Gasteiger partial charge in [-0.15, -0.1) is 23.2 Å². The largest absolute Gasteiger partial charge is 0.443 e. The molecule has 1 aromatic rings. The molecule has 1 rings (SSSR count). The number of halogens is 2. The molecule has 0 saturated heterocycles. The number of alkyl halides is 2. The molecular weight excluding hydrogens is 389 g/mol. The van der Waals surface area contributed by atoms with Crippen molar-refractivity contribution < 1.29 is 14.3 Å². The van der Waals surface area contributed by atoms with Crippen molar-refractivity contribution in [2.45, 2.75) is 45.6 Å². The lowest BCUT2D eigenvalue weighted by Gasteiger charge is -2.23. The molecule has 152 valence electrons. The van der Waals surface area contributed by atoms with Gasteiger partial charge in [0, 0.05) is 37.0 Å². The van der Waals surface area contributed by atoms with Gasteiger partial charge in [0.25, 0.3) is 0 Å². The van der Waals surface area contributed by atoms with Crippen LogP contribution < -0.4 is 15.8 Å². The van der Waals surface area contributed by atoms with Crippen molar-refractivity contribution in [3.05, 3.63) is 29.8 Å². The van der Waals surface area contributed by atoms with Crippen LogP contribution in [0.5, 0.6) is 0 Å².